The van der Waals surface area contributed by atoms with Crippen molar-refractivity contribution in [3.8, 4) is 0 Å². The fourth-order valence-corrected chi connectivity index (χ4v) is 1.45. The Balaban J connectivity index is 2.83. The summed E-state index contributed by atoms with van der Waals surface area (Å²) >= 11 is 2.91. The van der Waals surface area contributed by atoms with Crippen molar-refractivity contribution >= 4 is 27.8 Å². The van der Waals surface area contributed by atoms with E-state index in [1.165, 1.54) is 6.92 Å². The second-order valence-electron chi connectivity index (χ2n) is 3.49. The molecule has 0 aromatic carbocycles. The van der Waals surface area contributed by atoms with Crippen LogP contribution in [0, 0.1) is 0 Å². The van der Waals surface area contributed by atoms with Gasteiger partial charge in [0.25, 0.3) is 5.56 Å². The first kappa shape index (κ1) is 14.2. The van der Waals surface area contributed by atoms with Gasteiger partial charge < -0.3 is 10.4 Å². The average Bonchev–Trinajstić information content (AvgIpc) is 2.25. The predicted molar refractivity (Wildman–Crippen MR) is 64.3 cm³/mol. The fourth-order valence-electron chi connectivity index (χ4n) is 1.10. The number of hydrogen-bond acceptors (Lipinski definition) is 4. The Bertz CT molecular complexity index is 591. The Hall–Kier alpha value is -1.90. The Labute approximate surface area is 109 Å². The molecule has 0 aliphatic carbocycles. The van der Waals surface area contributed by atoms with E-state index in [2.05, 4.69) is 21.2 Å². The second kappa shape index (κ2) is 5.63. The van der Waals surface area contributed by atoms with Gasteiger partial charge >= 0.3 is 11.7 Å². The molecule has 0 saturated heterocycles. The van der Waals surface area contributed by atoms with E-state index in [-0.39, 0.29) is 11.0 Å². The van der Waals surface area contributed by atoms with Gasteiger partial charge in [-0.25, -0.2) is 4.79 Å². The van der Waals surface area contributed by atoms with E-state index >= 15 is 0 Å². The number of rotatable bonds is 4. The summed E-state index contributed by atoms with van der Waals surface area (Å²) in [6.45, 7) is 0.914. The zero-order valence-corrected chi connectivity index (χ0v) is 10.9. The van der Waals surface area contributed by atoms with Crippen molar-refractivity contribution in [2.75, 3.05) is 0 Å². The van der Waals surface area contributed by atoms with E-state index < -0.39 is 29.2 Å². The first-order valence-corrected chi connectivity index (χ1v) is 5.62. The number of carbonyl (C=O) groups excluding carboxylic acids is 1. The number of aromatic nitrogens is 2. The maximum absolute atomic E-state index is 11.4. The topological polar surface area (TPSA) is 121 Å². The van der Waals surface area contributed by atoms with E-state index in [1.807, 2.05) is 4.98 Å². The number of amides is 1. The molecule has 0 aliphatic heterocycles. The normalized spacial score (nSPS) is 11.9. The van der Waals surface area contributed by atoms with Gasteiger partial charge in [-0.3, -0.25) is 23.9 Å². The summed E-state index contributed by atoms with van der Waals surface area (Å²) < 4.78 is 1.05. The standard InChI is InChI=1S/C9H10BrN3O5/c1-4(8(16)17)11-6(14)3-13-2-5(10)7(15)12-9(13)18/h2,4H,3H2,1H3,(H,11,14)(H,16,17)(H,12,15,18)/t4-/m0/s1. The Morgan fingerprint density at radius 3 is 2.72 bits per heavy atom. The number of carboxylic acid groups (broad SMARTS) is 1. The molecular formula is C9H10BrN3O5. The van der Waals surface area contributed by atoms with E-state index in [1.54, 1.807) is 0 Å². The summed E-state index contributed by atoms with van der Waals surface area (Å²) in [5, 5.41) is 10.8. The molecule has 0 saturated carbocycles. The van der Waals surface area contributed by atoms with Gasteiger partial charge in [0.15, 0.2) is 0 Å². The number of carbonyl (C=O) groups is 2. The van der Waals surface area contributed by atoms with Crippen LogP contribution in [0.25, 0.3) is 0 Å². The number of aromatic amines is 1. The van der Waals surface area contributed by atoms with Crippen molar-refractivity contribution in [1.82, 2.24) is 14.9 Å². The van der Waals surface area contributed by atoms with Crippen molar-refractivity contribution in [3.05, 3.63) is 31.5 Å². The molecule has 0 unspecified atom stereocenters. The monoisotopic (exact) mass is 319 g/mol. The third-order valence-electron chi connectivity index (χ3n) is 2.03. The number of hydrogen-bond donors (Lipinski definition) is 3. The van der Waals surface area contributed by atoms with Crippen molar-refractivity contribution in [2.45, 2.75) is 19.5 Å². The van der Waals surface area contributed by atoms with Gasteiger partial charge in [0, 0.05) is 6.20 Å². The minimum absolute atomic E-state index is 0.0983. The molecular weight excluding hydrogens is 310 g/mol. The van der Waals surface area contributed by atoms with Gasteiger partial charge in [-0.1, -0.05) is 0 Å². The van der Waals surface area contributed by atoms with Crippen molar-refractivity contribution < 1.29 is 14.7 Å². The lowest BCUT2D eigenvalue weighted by atomic mass is 10.3. The van der Waals surface area contributed by atoms with Gasteiger partial charge in [-0.15, -0.1) is 0 Å². The molecule has 1 heterocycles. The van der Waals surface area contributed by atoms with Crippen LogP contribution < -0.4 is 16.6 Å². The zero-order valence-electron chi connectivity index (χ0n) is 9.27. The highest BCUT2D eigenvalue weighted by Gasteiger charge is 2.14. The zero-order chi connectivity index (χ0) is 13.9. The Kier molecular flexibility index (Phi) is 4.43. The molecule has 0 aliphatic rings. The molecule has 9 heteroatoms. The summed E-state index contributed by atoms with van der Waals surface area (Å²) in [4.78, 5) is 46.3. The van der Waals surface area contributed by atoms with Crippen LogP contribution in [0.1, 0.15) is 6.92 Å². The smallest absolute Gasteiger partial charge is 0.328 e. The highest BCUT2D eigenvalue weighted by atomic mass is 79.9. The molecule has 0 spiro atoms. The molecule has 98 valence electrons. The number of halogens is 1. The number of nitrogens with zero attached hydrogens (tertiary/aromatic N) is 1. The Morgan fingerprint density at radius 1 is 1.56 bits per heavy atom. The van der Waals surface area contributed by atoms with Crippen LogP contribution in [0.5, 0.6) is 0 Å². The summed E-state index contributed by atoms with van der Waals surface area (Å²) in [7, 11) is 0. The molecule has 1 atom stereocenters. The summed E-state index contributed by atoms with van der Waals surface area (Å²) in [6.07, 6.45) is 1.16. The molecule has 8 nitrogen and oxygen atoms in total. The van der Waals surface area contributed by atoms with Crippen LogP contribution in [0.15, 0.2) is 20.3 Å². The maximum Gasteiger partial charge on any atom is 0.328 e. The van der Waals surface area contributed by atoms with Gasteiger partial charge in [-0.05, 0) is 22.9 Å². The second-order valence-corrected chi connectivity index (χ2v) is 4.35. The minimum atomic E-state index is -1.18. The van der Waals surface area contributed by atoms with Crippen molar-refractivity contribution in [2.24, 2.45) is 0 Å². The lowest BCUT2D eigenvalue weighted by Crippen LogP contribution is -2.42. The quantitative estimate of drug-likeness (QED) is 0.649. The van der Waals surface area contributed by atoms with Gasteiger partial charge in [0.2, 0.25) is 5.91 Å². The largest absolute Gasteiger partial charge is 0.480 e. The SMILES string of the molecule is C[C@H](NC(=O)Cn1cc(Br)c(=O)[nH]c1=O)C(=O)O. The van der Waals surface area contributed by atoms with Gasteiger partial charge in [0.1, 0.15) is 12.6 Å². The summed E-state index contributed by atoms with van der Waals surface area (Å²) in [5.41, 5.74) is -1.35. The van der Waals surface area contributed by atoms with Crippen LogP contribution in [0.4, 0.5) is 0 Å². The molecule has 0 bridgehead atoms. The van der Waals surface area contributed by atoms with Crippen LogP contribution in [-0.2, 0) is 16.1 Å². The van der Waals surface area contributed by atoms with Crippen molar-refractivity contribution in [3.63, 3.8) is 0 Å². The molecule has 0 fully saturated rings. The third-order valence-corrected chi connectivity index (χ3v) is 2.59. The average molecular weight is 320 g/mol. The van der Waals surface area contributed by atoms with E-state index in [0.29, 0.717) is 0 Å². The number of nitrogens with one attached hydrogen (secondary N) is 2. The predicted octanol–water partition coefficient (Wildman–Crippen LogP) is -1.11. The van der Waals surface area contributed by atoms with E-state index in [9.17, 15) is 19.2 Å². The summed E-state index contributed by atoms with van der Waals surface area (Å²) in [5.74, 6) is -1.83. The molecule has 18 heavy (non-hydrogen) atoms. The van der Waals surface area contributed by atoms with E-state index in [4.69, 9.17) is 5.11 Å². The fraction of sp³-hybridized carbons (Fsp3) is 0.333. The lowest BCUT2D eigenvalue weighted by molar-refractivity contribution is -0.141. The van der Waals surface area contributed by atoms with Crippen LogP contribution >= 0.6 is 15.9 Å². The molecule has 1 amide bonds. The molecule has 1 rings (SSSR count). The third kappa shape index (κ3) is 3.55. The first-order valence-electron chi connectivity index (χ1n) is 4.82. The summed E-state index contributed by atoms with van der Waals surface area (Å²) in [6, 6.07) is -1.06. The van der Waals surface area contributed by atoms with Crippen LogP contribution in [-0.4, -0.2) is 32.6 Å². The number of aliphatic carboxylic acids is 1. The van der Waals surface area contributed by atoms with Crippen LogP contribution in [0.2, 0.25) is 0 Å². The molecule has 1 aromatic heterocycles. The molecule has 1 aromatic rings. The van der Waals surface area contributed by atoms with E-state index in [0.717, 1.165) is 10.8 Å². The van der Waals surface area contributed by atoms with Crippen molar-refractivity contribution in [1.29, 1.82) is 0 Å². The number of carboxylic acids is 1. The highest BCUT2D eigenvalue weighted by Crippen LogP contribution is 1.97. The maximum atomic E-state index is 11.4. The lowest BCUT2D eigenvalue weighted by Gasteiger charge is -2.10. The van der Waals surface area contributed by atoms with Gasteiger partial charge in [-0.2, -0.15) is 0 Å². The molecule has 3 N–H and O–H groups in total. The van der Waals surface area contributed by atoms with Crippen LogP contribution in [0.3, 0.4) is 0 Å². The van der Waals surface area contributed by atoms with Gasteiger partial charge in [0.05, 0.1) is 4.47 Å². The number of H-pyrrole nitrogens is 1. The minimum Gasteiger partial charge on any atom is -0.480 e. The highest BCUT2D eigenvalue weighted by molar-refractivity contribution is 9.10. The first-order chi connectivity index (χ1) is 8.31. The molecule has 0 radical (unpaired) electrons. The Morgan fingerprint density at radius 2 is 2.17 bits per heavy atom.